The van der Waals surface area contributed by atoms with Crippen LogP contribution in [0.4, 0.5) is 0 Å². The Morgan fingerprint density at radius 3 is 2.89 bits per heavy atom. The van der Waals surface area contributed by atoms with E-state index in [2.05, 4.69) is 9.73 Å². The lowest BCUT2D eigenvalue weighted by Crippen LogP contribution is -2.29. The zero-order chi connectivity index (χ0) is 6.91. The largest absolute Gasteiger partial charge is 0.472 e. The van der Waals surface area contributed by atoms with Crippen LogP contribution in [0.15, 0.2) is 4.99 Å². The summed E-state index contributed by atoms with van der Waals surface area (Å²) in [4.78, 5) is 13.2. The molecule has 1 unspecified atom stereocenters. The van der Waals surface area contributed by atoms with E-state index < -0.39 is 8.59 Å². The van der Waals surface area contributed by atoms with Crippen LogP contribution < -0.4 is 0 Å². The lowest BCUT2D eigenvalue weighted by atomic mass is 10.6. The third-order valence-electron chi connectivity index (χ3n) is 0.872. The monoisotopic (exact) mass is 242 g/mol. The van der Waals surface area contributed by atoms with Gasteiger partial charge in [0.15, 0.2) is 13.0 Å². The summed E-state index contributed by atoms with van der Waals surface area (Å²) in [6, 6.07) is 0. The van der Waals surface area contributed by atoms with E-state index in [0.29, 0.717) is 0 Å². The normalized spacial score (nSPS) is 32.1. The molecule has 0 fully saturated rings. The minimum atomic E-state index is -1.27. The highest BCUT2D eigenvalue weighted by atomic mass is 127. The summed E-state index contributed by atoms with van der Waals surface area (Å²) in [7, 11) is 0. The summed E-state index contributed by atoms with van der Waals surface area (Å²) < 4.78 is 3.31. The van der Waals surface area contributed by atoms with E-state index in [1.807, 2.05) is 0 Å². The Hall–Kier alpha value is -0.400. The third kappa shape index (κ3) is 1.12. The maximum absolute atomic E-state index is 10.1. The summed E-state index contributed by atoms with van der Waals surface area (Å²) in [5.74, 6) is 0. The maximum Gasteiger partial charge on any atom is 0.397 e. The molecule has 0 radical (unpaired) electrons. The first kappa shape index (κ1) is 6.72. The molecule has 1 atom stereocenters. The molecule has 0 N–H and O–H groups in total. The van der Waals surface area contributed by atoms with Gasteiger partial charge in [-0.2, -0.15) is 4.99 Å². The van der Waals surface area contributed by atoms with Gasteiger partial charge in [-0.3, -0.25) is 10.1 Å². The first-order chi connectivity index (χ1) is 4.15. The average Bonchev–Trinajstić information content (AvgIpc) is 2.16. The molecule has 50 valence electrons. The molecule has 9 heavy (non-hydrogen) atoms. The first-order valence-electron chi connectivity index (χ1n) is 2.14. The summed E-state index contributed by atoms with van der Waals surface area (Å²) in [6.45, 7) is 0.0283. The Labute approximate surface area is 64.4 Å². The van der Waals surface area contributed by atoms with E-state index in [0.717, 1.165) is 6.40 Å². The van der Waals surface area contributed by atoms with Gasteiger partial charge < -0.3 is 4.74 Å². The van der Waals surface area contributed by atoms with Gasteiger partial charge in [0.1, 0.15) is 0 Å². The topological polar surface area (TPSA) is 64.7 Å². The molecule has 0 aromatic rings. The van der Waals surface area contributed by atoms with Crippen LogP contribution >= 0.6 is 22.6 Å². The van der Waals surface area contributed by atoms with Crippen LogP contribution in [-0.2, 0) is 4.74 Å². The minimum Gasteiger partial charge on any atom is -0.472 e. The van der Waals surface area contributed by atoms with Crippen molar-refractivity contribution >= 4 is 29.0 Å². The fraction of sp³-hybridized carbons (Fsp3) is 0.667. The van der Waals surface area contributed by atoms with Gasteiger partial charge in [-0.1, -0.05) is 0 Å². The van der Waals surface area contributed by atoms with E-state index in [9.17, 15) is 10.1 Å². The number of rotatable bonds is 1. The Morgan fingerprint density at radius 2 is 2.67 bits per heavy atom. The van der Waals surface area contributed by atoms with Crippen LogP contribution in [0.5, 0.6) is 0 Å². The van der Waals surface area contributed by atoms with Crippen molar-refractivity contribution in [2.75, 3.05) is 6.61 Å². The molecular formula is C3H3IN2O3. The van der Waals surface area contributed by atoms with Crippen molar-refractivity contribution in [2.45, 2.75) is 3.67 Å². The van der Waals surface area contributed by atoms with E-state index >= 15 is 0 Å². The summed E-state index contributed by atoms with van der Waals surface area (Å²) in [5, 5.41) is 10.1. The van der Waals surface area contributed by atoms with E-state index in [4.69, 9.17) is 0 Å². The number of halogens is 1. The second-order valence-electron chi connectivity index (χ2n) is 1.52. The number of ether oxygens (including phenoxy) is 1. The molecular weight excluding hydrogens is 239 g/mol. The molecule has 0 spiro atoms. The fourth-order valence-corrected chi connectivity index (χ4v) is 0.692. The predicted octanol–water partition coefficient (Wildman–Crippen LogP) is 0.410. The zero-order valence-corrected chi connectivity index (χ0v) is 6.44. The molecule has 1 rings (SSSR count). The number of hydrogen-bond acceptors (Lipinski definition) is 4. The van der Waals surface area contributed by atoms with Crippen molar-refractivity contribution in [3.63, 3.8) is 0 Å². The van der Waals surface area contributed by atoms with Gasteiger partial charge in [-0.05, 0) is 0 Å². The SMILES string of the molecule is O=[N+]([O-])C1(I)COC=N1. The predicted molar refractivity (Wildman–Crippen MR) is 38.2 cm³/mol. The van der Waals surface area contributed by atoms with Gasteiger partial charge in [0.25, 0.3) is 0 Å². The molecule has 0 aromatic carbocycles. The Bertz CT molecular complexity index is 170. The molecule has 0 aliphatic carbocycles. The lowest BCUT2D eigenvalue weighted by Gasteiger charge is -2.04. The quantitative estimate of drug-likeness (QED) is 0.220. The Balaban J connectivity index is 2.74. The number of aliphatic imine (C=N–C) groups is 1. The van der Waals surface area contributed by atoms with E-state index in [-0.39, 0.29) is 6.61 Å². The van der Waals surface area contributed by atoms with Crippen LogP contribution in [0.25, 0.3) is 0 Å². The fourth-order valence-electron chi connectivity index (χ4n) is 0.398. The van der Waals surface area contributed by atoms with Gasteiger partial charge in [-0.25, -0.2) is 0 Å². The maximum atomic E-state index is 10.1. The number of hydrogen-bond donors (Lipinski definition) is 0. The number of nitrogens with zero attached hydrogens (tertiary/aromatic N) is 2. The summed E-state index contributed by atoms with van der Waals surface area (Å²) in [6.07, 6.45) is 1.11. The highest BCUT2D eigenvalue weighted by Crippen LogP contribution is 2.24. The smallest absolute Gasteiger partial charge is 0.397 e. The van der Waals surface area contributed by atoms with E-state index in [1.165, 1.54) is 0 Å². The summed E-state index contributed by atoms with van der Waals surface area (Å²) >= 11 is 1.63. The molecule has 1 heterocycles. The number of nitro groups is 1. The van der Waals surface area contributed by atoms with Crippen molar-refractivity contribution in [3.05, 3.63) is 10.1 Å². The molecule has 1 aliphatic rings. The van der Waals surface area contributed by atoms with Crippen molar-refractivity contribution in [1.29, 1.82) is 0 Å². The highest BCUT2D eigenvalue weighted by molar-refractivity contribution is 14.1. The van der Waals surface area contributed by atoms with Gasteiger partial charge in [-0.15, -0.1) is 0 Å². The van der Waals surface area contributed by atoms with Crippen molar-refractivity contribution in [2.24, 2.45) is 4.99 Å². The van der Waals surface area contributed by atoms with Crippen LogP contribution in [0.1, 0.15) is 0 Å². The first-order valence-corrected chi connectivity index (χ1v) is 3.22. The van der Waals surface area contributed by atoms with Gasteiger partial charge in [0, 0.05) is 22.6 Å². The Kier molecular flexibility index (Phi) is 1.56. The molecule has 0 amide bonds. The molecule has 0 bridgehead atoms. The zero-order valence-electron chi connectivity index (χ0n) is 4.28. The van der Waals surface area contributed by atoms with E-state index in [1.54, 1.807) is 22.6 Å². The van der Waals surface area contributed by atoms with Crippen molar-refractivity contribution in [1.82, 2.24) is 0 Å². The lowest BCUT2D eigenvalue weighted by molar-refractivity contribution is -0.528. The van der Waals surface area contributed by atoms with Crippen LogP contribution in [0, 0.1) is 10.1 Å². The standard InChI is InChI=1S/C3H3IN2O3/c4-3(6(7)8)1-9-2-5-3/h2H,1H2. The second-order valence-corrected chi connectivity index (χ2v) is 3.25. The molecule has 0 saturated heterocycles. The average molecular weight is 242 g/mol. The van der Waals surface area contributed by atoms with Gasteiger partial charge in [0.2, 0.25) is 0 Å². The summed E-state index contributed by atoms with van der Waals surface area (Å²) in [5.41, 5.74) is 0. The van der Waals surface area contributed by atoms with Gasteiger partial charge >= 0.3 is 3.67 Å². The third-order valence-corrected chi connectivity index (χ3v) is 1.86. The molecule has 0 aromatic heterocycles. The highest BCUT2D eigenvalue weighted by Gasteiger charge is 2.42. The minimum absolute atomic E-state index is 0.0283. The van der Waals surface area contributed by atoms with Crippen molar-refractivity contribution in [3.8, 4) is 0 Å². The molecule has 5 nitrogen and oxygen atoms in total. The van der Waals surface area contributed by atoms with Crippen LogP contribution in [-0.4, -0.2) is 21.6 Å². The Morgan fingerprint density at radius 1 is 2.00 bits per heavy atom. The van der Waals surface area contributed by atoms with Crippen LogP contribution in [0.3, 0.4) is 0 Å². The van der Waals surface area contributed by atoms with Crippen LogP contribution in [0.2, 0.25) is 0 Å². The molecule has 6 heteroatoms. The second kappa shape index (κ2) is 2.09. The molecule has 0 saturated carbocycles. The molecule has 1 aliphatic heterocycles. The van der Waals surface area contributed by atoms with Crippen molar-refractivity contribution < 1.29 is 9.66 Å². The number of alkyl halides is 1. The van der Waals surface area contributed by atoms with Gasteiger partial charge in [0.05, 0.1) is 4.92 Å².